The highest BCUT2D eigenvalue weighted by Gasteiger charge is 2.16. The number of hydrogen-bond acceptors (Lipinski definition) is 0. The summed E-state index contributed by atoms with van der Waals surface area (Å²) >= 11 is 9.80. The Balaban J connectivity index is 2.28. The maximum absolute atomic E-state index is 13.6. The Morgan fingerprint density at radius 3 is 2.58 bits per heavy atom. The van der Waals surface area contributed by atoms with Gasteiger partial charge in [-0.3, -0.25) is 0 Å². The molecule has 0 nitrogen and oxygen atoms in total. The van der Waals surface area contributed by atoms with Crippen molar-refractivity contribution in [2.24, 2.45) is 0 Å². The minimum Gasteiger partial charge on any atom is -0.204 e. The number of halogens is 4. The average molecular weight is 346 g/mol. The first-order valence-corrected chi connectivity index (χ1v) is 7.05. The molecule has 0 aromatic heterocycles. The first-order chi connectivity index (χ1) is 9.00. The zero-order chi connectivity index (χ0) is 14.0. The maximum atomic E-state index is 13.6. The van der Waals surface area contributed by atoms with Crippen LogP contribution in [0.3, 0.4) is 0 Å². The van der Waals surface area contributed by atoms with Crippen LogP contribution >= 0.6 is 27.5 Å². The van der Waals surface area contributed by atoms with E-state index in [1.165, 1.54) is 6.07 Å². The van der Waals surface area contributed by atoms with E-state index in [2.05, 4.69) is 15.9 Å². The lowest BCUT2D eigenvalue weighted by molar-refractivity contribution is 0.498. The van der Waals surface area contributed by atoms with Gasteiger partial charge in [0, 0.05) is 4.47 Å². The second kappa shape index (κ2) is 6.02. The van der Waals surface area contributed by atoms with Crippen LogP contribution in [0.25, 0.3) is 0 Å². The van der Waals surface area contributed by atoms with Crippen molar-refractivity contribution in [3.8, 4) is 0 Å². The number of benzene rings is 2. The van der Waals surface area contributed by atoms with Gasteiger partial charge in [-0.2, -0.15) is 0 Å². The Kier molecular flexibility index (Phi) is 4.58. The van der Waals surface area contributed by atoms with Gasteiger partial charge in [-0.1, -0.05) is 46.3 Å². The smallest absolute Gasteiger partial charge is 0.162 e. The topological polar surface area (TPSA) is 0 Å². The van der Waals surface area contributed by atoms with Gasteiger partial charge in [0.2, 0.25) is 0 Å². The fourth-order valence-electron chi connectivity index (χ4n) is 1.92. The predicted octanol–water partition coefficient (Wildman–Crippen LogP) is 5.56. The molecule has 0 amide bonds. The van der Waals surface area contributed by atoms with Crippen LogP contribution in [0, 0.1) is 18.6 Å². The van der Waals surface area contributed by atoms with Crippen molar-refractivity contribution in [3.05, 3.63) is 69.2 Å². The summed E-state index contributed by atoms with van der Waals surface area (Å²) in [6.07, 6.45) is 0.243. The molecule has 2 aromatic carbocycles. The molecule has 0 fully saturated rings. The molecule has 0 saturated heterocycles. The summed E-state index contributed by atoms with van der Waals surface area (Å²) in [7, 11) is 0. The SMILES string of the molecule is Cc1cccc(C(Cl)Cc2cccc(F)c2F)c1Br. The lowest BCUT2D eigenvalue weighted by Crippen LogP contribution is -2.01. The van der Waals surface area contributed by atoms with Gasteiger partial charge in [0.15, 0.2) is 11.6 Å². The number of aryl methyl sites for hydroxylation is 1. The summed E-state index contributed by atoms with van der Waals surface area (Å²) in [5.74, 6) is -1.67. The quantitative estimate of drug-likeness (QED) is 0.639. The van der Waals surface area contributed by atoms with E-state index in [1.54, 1.807) is 6.07 Å². The molecule has 0 bridgehead atoms. The minimum atomic E-state index is -0.843. The van der Waals surface area contributed by atoms with E-state index in [0.29, 0.717) is 0 Å². The van der Waals surface area contributed by atoms with E-state index in [9.17, 15) is 8.78 Å². The van der Waals surface area contributed by atoms with Gasteiger partial charge < -0.3 is 0 Å². The summed E-state index contributed by atoms with van der Waals surface area (Å²) in [6.45, 7) is 1.96. The molecule has 19 heavy (non-hydrogen) atoms. The van der Waals surface area contributed by atoms with E-state index >= 15 is 0 Å². The summed E-state index contributed by atoms with van der Waals surface area (Å²) in [5.41, 5.74) is 2.22. The monoisotopic (exact) mass is 344 g/mol. The molecule has 0 N–H and O–H groups in total. The molecular formula is C15H12BrClF2. The second-order valence-electron chi connectivity index (χ2n) is 4.36. The first kappa shape index (κ1) is 14.5. The fraction of sp³-hybridized carbons (Fsp3) is 0.200. The number of alkyl halides is 1. The van der Waals surface area contributed by atoms with Gasteiger partial charge in [0.25, 0.3) is 0 Å². The molecule has 0 spiro atoms. The van der Waals surface area contributed by atoms with Crippen molar-refractivity contribution in [1.29, 1.82) is 0 Å². The molecule has 0 aliphatic heterocycles. The van der Waals surface area contributed by atoms with Crippen molar-refractivity contribution >= 4 is 27.5 Å². The zero-order valence-electron chi connectivity index (χ0n) is 10.3. The Morgan fingerprint density at radius 1 is 1.16 bits per heavy atom. The van der Waals surface area contributed by atoms with E-state index in [-0.39, 0.29) is 12.0 Å². The molecule has 0 saturated carbocycles. The molecule has 2 rings (SSSR count). The van der Waals surface area contributed by atoms with Gasteiger partial charge in [-0.25, -0.2) is 8.78 Å². The molecule has 1 unspecified atom stereocenters. The normalized spacial score (nSPS) is 12.5. The van der Waals surface area contributed by atoms with Gasteiger partial charge in [-0.05, 0) is 36.1 Å². The second-order valence-corrected chi connectivity index (χ2v) is 5.68. The number of hydrogen-bond donors (Lipinski definition) is 0. The summed E-state index contributed by atoms with van der Waals surface area (Å²) < 4.78 is 27.7. The fourth-order valence-corrected chi connectivity index (χ4v) is 2.94. The minimum absolute atomic E-state index is 0.243. The van der Waals surface area contributed by atoms with Crippen molar-refractivity contribution in [1.82, 2.24) is 0 Å². The highest BCUT2D eigenvalue weighted by molar-refractivity contribution is 9.10. The van der Waals surface area contributed by atoms with Crippen LogP contribution in [0.2, 0.25) is 0 Å². The van der Waals surface area contributed by atoms with Crippen molar-refractivity contribution in [2.75, 3.05) is 0 Å². The lowest BCUT2D eigenvalue weighted by Gasteiger charge is -2.14. The van der Waals surface area contributed by atoms with Gasteiger partial charge in [-0.15, -0.1) is 11.6 Å². The van der Waals surface area contributed by atoms with Gasteiger partial charge in [0.05, 0.1) is 5.38 Å². The molecule has 0 aliphatic carbocycles. The lowest BCUT2D eigenvalue weighted by atomic mass is 10.0. The summed E-state index contributed by atoms with van der Waals surface area (Å²) in [6, 6.07) is 9.88. The van der Waals surface area contributed by atoms with E-state index in [1.807, 2.05) is 25.1 Å². The number of rotatable bonds is 3. The van der Waals surface area contributed by atoms with E-state index in [4.69, 9.17) is 11.6 Å². The zero-order valence-corrected chi connectivity index (χ0v) is 12.6. The van der Waals surface area contributed by atoms with Gasteiger partial charge in [0.1, 0.15) is 0 Å². The Labute approximate surface area is 124 Å². The molecule has 0 aliphatic rings. The van der Waals surface area contributed by atoms with E-state index in [0.717, 1.165) is 21.7 Å². The van der Waals surface area contributed by atoms with Crippen LogP contribution in [0.15, 0.2) is 40.9 Å². The predicted molar refractivity (Wildman–Crippen MR) is 77.5 cm³/mol. The van der Waals surface area contributed by atoms with Crippen molar-refractivity contribution < 1.29 is 8.78 Å². The standard InChI is InChI=1S/C15H12BrClF2/c1-9-4-2-6-11(14(9)16)12(17)8-10-5-3-7-13(18)15(10)19/h2-7,12H,8H2,1H3. The summed E-state index contributed by atoms with van der Waals surface area (Å²) in [5, 5.41) is -0.412. The molecule has 4 heteroatoms. The van der Waals surface area contributed by atoms with Crippen molar-refractivity contribution in [3.63, 3.8) is 0 Å². The molecule has 100 valence electrons. The van der Waals surface area contributed by atoms with Crippen LogP contribution < -0.4 is 0 Å². The Hall–Kier alpha value is -0.930. The first-order valence-electron chi connectivity index (χ1n) is 5.82. The van der Waals surface area contributed by atoms with Crippen LogP contribution in [0.4, 0.5) is 8.78 Å². The molecule has 1 atom stereocenters. The van der Waals surface area contributed by atoms with Crippen LogP contribution in [0.5, 0.6) is 0 Å². The van der Waals surface area contributed by atoms with Gasteiger partial charge >= 0.3 is 0 Å². The highest BCUT2D eigenvalue weighted by Crippen LogP contribution is 2.33. The van der Waals surface area contributed by atoms with Crippen LogP contribution in [-0.2, 0) is 6.42 Å². The molecule has 2 aromatic rings. The third-order valence-corrected chi connectivity index (χ3v) is 4.46. The average Bonchev–Trinajstić information content (AvgIpc) is 2.38. The Morgan fingerprint density at radius 2 is 1.84 bits per heavy atom. The van der Waals surface area contributed by atoms with Crippen molar-refractivity contribution in [2.45, 2.75) is 18.7 Å². The molecular weight excluding hydrogens is 334 g/mol. The van der Waals surface area contributed by atoms with E-state index < -0.39 is 17.0 Å². The highest BCUT2D eigenvalue weighted by atomic mass is 79.9. The van der Waals surface area contributed by atoms with Crippen LogP contribution in [-0.4, -0.2) is 0 Å². The third-order valence-electron chi connectivity index (χ3n) is 2.99. The molecule has 0 radical (unpaired) electrons. The Bertz CT molecular complexity index is 599. The largest absolute Gasteiger partial charge is 0.204 e. The maximum Gasteiger partial charge on any atom is 0.162 e. The third kappa shape index (κ3) is 3.15. The molecule has 0 heterocycles. The summed E-state index contributed by atoms with van der Waals surface area (Å²) in [4.78, 5) is 0. The van der Waals surface area contributed by atoms with Crippen LogP contribution in [0.1, 0.15) is 22.1 Å².